The number of benzene rings is 2. The Morgan fingerprint density at radius 2 is 1.96 bits per heavy atom. The molecule has 4 heteroatoms. The number of para-hydroxylation sites is 1. The lowest BCUT2D eigenvalue weighted by molar-refractivity contribution is 0.363. The van der Waals surface area contributed by atoms with Gasteiger partial charge >= 0.3 is 0 Å². The fourth-order valence-electron chi connectivity index (χ4n) is 2.51. The van der Waals surface area contributed by atoms with Gasteiger partial charge in [0, 0.05) is 34.1 Å². The van der Waals surface area contributed by atoms with Crippen LogP contribution >= 0.6 is 23.2 Å². The first-order chi connectivity index (χ1) is 11.1. The van der Waals surface area contributed by atoms with E-state index >= 15 is 0 Å². The van der Waals surface area contributed by atoms with Crippen molar-refractivity contribution in [3.05, 3.63) is 76.0 Å². The van der Waals surface area contributed by atoms with Crippen LogP contribution in [0.25, 0.3) is 17.0 Å². The first-order valence-corrected chi connectivity index (χ1v) is 8.14. The van der Waals surface area contributed by atoms with Crippen LogP contribution in [-0.2, 0) is 6.54 Å². The maximum absolute atomic E-state index is 6.16. The van der Waals surface area contributed by atoms with Crippen LogP contribution in [0.4, 0.5) is 0 Å². The minimum atomic E-state index is 0.649. The number of rotatable bonds is 5. The first-order valence-electron chi connectivity index (χ1n) is 7.39. The van der Waals surface area contributed by atoms with E-state index in [1.54, 1.807) is 6.07 Å². The van der Waals surface area contributed by atoms with Crippen molar-refractivity contribution in [1.29, 1.82) is 0 Å². The molecule has 118 valence electrons. The van der Waals surface area contributed by atoms with E-state index < -0.39 is 0 Å². The predicted octanol–water partition coefficient (Wildman–Crippen LogP) is 5.88. The Kier molecular flexibility index (Phi) is 5.06. The zero-order valence-electron chi connectivity index (χ0n) is 12.8. The lowest BCUT2D eigenvalue weighted by atomic mass is 10.1. The van der Waals surface area contributed by atoms with Gasteiger partial charge in [0.25, 0.3) is 0 Å². The monoisotopic (exact) mass is 345 g/mol. The third kappa shape index (κ3) is 3.97. The van der Waals surface area contributed by atoms with Crippen LogP contribution in [0.5, 0.6) is 0 Å². The fraction of sp³-hybridized carbons (Fsp3) is 0.158. The number of likely N-dealkylation sites (N-methyl/N-ethyl adjacent to an activating group) is 1. The summed E-state index contributed by atoms with van der Waals surface area (Å²) in [6.07, 6.45) is 5.95. The number of halogens is 2. The van der Waals surface area contributed by atoms with Crippen molar-refractivity contribution in [3.8, 4) is 0 Å². The molecule has 1 aromatic heterocycles. The molecule has 0 aliphatic carbocycles. The van der Waals surface area contributed by atoms with Crippen molar-refractivity contribution in [2.45, 2.75) is 6.54 Å². The molecule has 3 aromatic rings. The molecule has 0 saturated carbocycles. The second-order valence-corrected chi connectivity index (χ2v) is 6.37. The molecule has 0 spiro atoms. The summed E-state index contributed by atoms with van der Waals surface area (Å²) in [6.45, 7) is 1.65. The lowest BCUT2D eigenvalue weighted by Crippen LogP contribution is -2.17. The number of furan rings is 1. The standard InChI is InChI=1S/C19H17Cl2NO/c1-22(10-4-5-14-8-9-16(20)11-18(14)21)12-15-13-23-19-7-3-2-6-17(15)19/h2-9,11,13H,10,12H2,1H3. The van der Waals surface area contributed by atoms with Gasteiger partial charge in [-0.25, -0.2) is 0 Å². The van der Waals surface area contributed by atoms with Crippen LogP contribution in [-0.4, -0.2) is 18.5 Å². The molecule has 0 radical (unpaired) electrons. The van der Waals surface area contributed by atoms with Gasteiger partial charge < -0.3 is 4.42 Å². The molecule has 0 amide bonds. The highest BCUT2D eigenvalue weighted by atomic mass is 35.5. The van der Waals surface area contributed by atoms with Crippen LogP contribution in [0.15, 0.2) is 59.2 Å². The van der Waals surface area contributed by atoms with Gasteiger partial charge in [-0.05, 0) is 30.8 Å². The average Bonchev–Trinajstić information content (AvgIpc) is 2.93. The van der Waals surface area contributed by atoms with Gasteiger partial charge in [0.15, 0.2) is 0 Å². The number of hydrogen-bond acceptors (Lipinski definition) is 2. The van der Waals surface area contributed by atoms with E-state index in [4.69, 9.17) is 27.6 Å². The highest BCUT2D eigenvalue weighted by Crippen LogP contribution is 2.23. The zero-order valence-corrected chi connectivity index (χ0v) is 14.3. The minimum Gasteiger partial charge on any atom is -0.464 e. The molecule has 3 rings (SSSR count). The van der Waals surface area contributed by atoms with Gasteiger partial charge in [-0.2, -0.15) is 0 Å². The second kappa shape index (κ2) is 7.22. The summed E-state index contributed by atoms with van der Waals surface area (Å²) in [7, 11) is 2.08. The van der Waals surface area contributed by atoms with Gasteiger partial charge in [0.1, 0.15) is 5.58 Å². The quantitative estimate of drug-likeness (QED) is 0.573. The van der Waals surface area contributed by atoms with Gasteiger partial charge in [0.2, 0.25) is 0 Å². The summed E-state index contributed by atoms with van der Waals surface area (Å²) in [4.78, 5) is 2.22. The van der Waals surface area contributed by atoms with Crippen molar-refractivity contribution in [3.63, 3.8) is 0 Å². The van der Waals surface area contributed by atoms with Crippen LogP contribution in [0.2, 0.25) is 10.0 Å². The lowest BCUT2D eigenvalue weighted by Gasteiger charge is -2.13. The molecule has 0 N–H and O–H groups in total. The van der Waals surface area contributed by atoms with Crippen molar-refractivity contribution >= 4 is 40.2 Å². The zero-order chi connectivity index (χ0) is 16.2. The highest BCUT2D eigenvalue weighted by molar-refractivity contribution is 6.35. The number of fused-ring (bicyclic) bond motifs is 1. The molecular weight excluding hydrogens is 329 g/mol. The van der Waals surface area contributed by atoms with Gasteiger partial charge in [-0.1, -0.05) is 59.6 Å². The molecule has 0 bridgehead atoms. The van der Waals surface area contributed by atoms with Crippen LogP contribution in [0, 0.1) is 0 Å². The molecule has 1 heterocycles. The van der Waals surface area contributed by atoms with Crippen LogP contribution < -0.4 is 0 Å². The summed E-state index contributed by atoms with van der Waals surface area (Å²) in [6, 6.07) is 13.6. The Bertz CT molecular complexity index is 838. The molecule has 2 aromatic carbocycles. The Morgan fingerprint density at radius 3 is 2.78 bits per heavy atom. The topological polar surface area (TPSA) is 16.4 Å². The number of nitrogens with zero attached hydrogens (tertiary/aromatic N) is 1. The Morgan fingerprint density at radius 1 is 1.13 bits per heavy atom. The predicted molar refractivity (Wildman–Crippen MR) is 98.0 cm³/mol. The van der Waals surface area contributed by atoms with Crippen molar-refractivity contribution in [2.75, 3.05) is 13.6 Å². The van der Waals surface area contributed by atoms with Gasteiger partial charge in [-0.15, -0.1) is 0 Å². The van der Waals surface area contributed by atoms with Crippen LogP contribution in [0.1, 0.15) is 11.1 Å². The van der Waals surface area contributed by atoms with Crippen LogP contribution in [0.3, 0.4) is 0 Å². The highest BCUT2D eigenvalue weighted by Gasteiger charge is 2.07. The van der Waals surface area contributed by atoms with E-state index in [0.29, 0.717) is 10.0 Å². The maximum atomic E-state index is 6.16. The summed E-state index contributed by atoms with van der Waals surface area (Å²) in [5, 5.41) is 2.48. The Hall–Kier alpha value is -1.74. The van der Waals surface area contributed by atoms with Gasteiger partial charge in [-0.3, -0.25) is 4.90 Å². The summed E-state index contributed by atoms with van der Waals surface area (Å²) < 4.78 is 5.58. The maximum Gasteiger partial charge on any atom is 0.134 e. The summed E-state index contributed by atoms with van der Waals surface area (Å²) in [5.41, 5.74) is 3.10. The van der Waals surface area contributed by atoms with E-state index in [1.165, 1.54) is 10.9 Å². The van der Waals surface area contributed by atoms with Gasteiger partial charge in [0.05, 0.1) is 6.26 Å². The fourth-order valence-corrected chi connectivity index (χ4v) is 2.98. The van der Waals surface area contributed by atoms with E-state index in [-0.39, 0.29) is 0 Å². The minimum absolute atomic E-state index is 0.649. The molecule has 0 aliphatic rings. The smallest absolute Gasteiger partial charge is 0.134 e. The summed E-state index contributed by atoms with van der Waals surface area (Å²) >= 11 is 12.1. The third-order valence-corrected chi connectivity index (χ3v) is 4.24. The first kappa shape index (κ1) is 16.1. The molecule has 23 heavy (non-hydrogen) atoms. The molecule has 0 unspecified atom stereocenters. The normalized spacial score (nSPS) is 11.8. The van der Waals surface area contributed by atoms with E-state index in [9.17, 15) is 0 Å². The average molecular weight is 346 g/mol. The molecular formula is C19H17Cl2NO. The summed E-state index contributed by atoms with van der Waals surface area (Å²) in [5.74, 6) is 0. The van der Waals surface area contributed by atoms with E-state index in [2.05, 4.69) is 24.1 Å². The molecule has 0 saturated heterocycles. The molecule has 0 aliphatic heterocycles. The second-order valence-electron chi connectivity index (χ2n) is 5.52. The SMILES string of the molecule is CN(CC=Cc1ccc(Cl)cc1Cl)Cc1coc2ccccc12. The van der Waals surface area contributed by atoms with Crippen molar-refractivity contribution in [2.24, 2.45) is 0 Å². The van der Waals surface area contributed by atoms with E-state index in [0.717, 1.165) is 24.2 Å². The molecule has 0 atom stereocenters. The molecule has 0 fully saturated rings. The third-order valence-electron chi connectivity index (χ3n) is 3.68. The Labute approximate surface area is 145 Å². The largest absolute Gasteiger partial charge is 0.464 e. The number of hydrogen-bond donors (Lipinski definition) is 0. The molecule has 2 nitrogen and oxygen atoms in total. The Balaban J connectivity index is 1.63. The van der Waals surface area contributed by atoms with Crippen molar-refractivity contribution < 1.29 is 4.42 Å². The van der Waals surface area contributed by atoms with E-state index in [1.807, 2.05) is 42.7 Å². The van der Waals surface area contributed by atoms with Crippen molar-refractivity contribution in [1.82, 2.24) is 4.90 Å².